The summed E-state index contributed by atoms with van der Waals surface area (Å²) in [4.78, 5) is 25.5. The summed E-state index contributed by atoms with van der Waals surface area (Å²) in [6.45, 7) is 1.01. The van der Waals surface area contributed by atoms with Crippen molar-refractivity contribution in [1.82, 2.24) is 14.2 Å². The van der Waals surface area contributed by atoms with Gasteiger partial charge in [-0.05, 0) is 30.7 Å². The third kappa shape index (κ3) is 3.74. The van der Waals surface area contributed by atoms with Crippen LogP contribution in [-0.2, 0) is 13.7 Å². The predicted molar refractivity (Wildman–Crippen MR) is 116 cm³/mol. The summed E-state index contributed by atoms with van der Waals surface area (Å²) in [5.74, 6) is -1.13. The Morgan fingerprint density at radius 1 is 1.25 bits per heavy atom. The molecule has 0 aliphatic rings. The number of nitrogens with one attached hydrogen (secondary N) is 1. The van der Waals surface area contributed by atoms with Crippen LogP contribution in [0.1, 0.15) is 33.2 Å². The molecule has 4 aromatic rings. The van der Waals surface area contributed by atoms with Crippen molar-refractivity contribution in [2.45, 2.75) is 13.5 Å². The van der Waals surface area contributed by atoms with Crippen LogP contribution in [0.2, 0.25) is 0 Å². The predicted octanol–water partition coefficient (Wildman–Crippen LogP) is 3.43. The molecule has 0 fully saturated rings. The zero-order valence-corrected chi connectivity index (χ0v) is 17.7. The van der Waals surface area contributed by atoms with Gasteiger partial charge in [0.15, 0.2) is 11.6 Å². The molecule has 164 valence electrons. The molecule has 0 aliphatic heterocycles. The Hall–Kier alpha value is -3.98. The second-order valence-electron chi connectivity index (χ2n) is 7.35. The fraction of sp³-hybridized carbons (Fsp3) is 0.174. The lowest BCUT2D eigenvalue weighted by Gasteiger charge is -2.12. The summed E-state index contributed by atoms with van der Waals surface area (Å²) in [7, 11) is 3.20. The molecule has 0 bridgehead atoms. The number of pyridine rings is 1. The molecule has 3 aromatic heterocycles. The van der Waals surface area contributed by atoms with E-state index >= 15 is 4.39 Å². The van der Waals surface area contributed by atoms with Crippen molar-refractivity contribution in [2.75, 3.05) is 12.4 Å². The summed E-state index contributed by atoms with van der Waals surface area (Å²) in [5, 5.41) is 16.3. The van der Waals surface area contributed by atoms with Crippen LogP contribution in [0.25, 0.3) is 16.6 Å². The van der Waals surface area contributed by atoms with E-state index in [2.05, 4.69) is 10.4 Å². The lowest BCUT2D eigenvalue weighted by atomic mass is 10.0. The van der Waals surface area contributed by atoms with Crippen molar-refractivity contribution >= 4 is 22.9 Å². The number of ether oxygens (including phenoxy) is 1. The zero-order chi connectivity index (χ0) is 23.0. The molecule has 9 heteroatoms. The van der Waals surface area contributed by atoms with Crippen molar-refractivity contribution in [3.63, 3.8) is 0 Å². The number of nitrogens with zero attached hydrogens (tertiary/aromatic N) is 3. The Labute approximate surface area is 182 Å². The van der Waals surface area contributed by atoms with E-state index in [0.29, 0.717) is 22.4 Å². The number of aryl methyl sites for hydroxylation is 1. The maximum absolute atomic E-state index is 15.4. The number of anilines is 1. The normalized spacial score (nSPS) is 11.0. The molecule has 1 amide bonds. The molecule has 0 saturated carbocycles. The van der Waals surface area contributed by atoms with E-state index in [4.69, 9.17) is 4.74 Å². The van der Waals surface area contributed by atoms with Crippen LogP contribution < -0.4 is 10.1 Å². The van der Waals surface area contributed by atoms with Gasteiger partial charge >= 0.3 is 0 Å². The number of hydrogen-bond donors (Lipinski definition) is 2. The monoisotopic (exact) mass is 436 g/mol. The average Bonchev–Trinajstić information content (AvgIpc) is 3.38. The second-order valence-corrected chi connectivity index (χ2v) is 7.35. The number of rotatable bonds is 6. The molecule has 1 aromatic carbocycles. The topological polar surface area (TPSA) is 97.9 Å². The SMILES string of the molecule is COc1ccn2cc(C(C)=O)c(C(=O)Nc3cc(CO)cc(-c4cnn(C)c4)c3F)c2c1. The fourth-order valence-electron chi connectivity index (χ4n) is 3.60. The Bertz CT molecular complexity index is 1360. The van der Waals surface area contributed by atoms with Gasteiger partial charge in [0.1, 0.15) is 5.75 Å². The number of hydrogen-bond acceptors (Lipinski definition) is 5. The Morgan fingerprint density at radius 2 is 2.03 bits per heavy atom. The van der Waals surface area contributed by atoms with Gasteiger partial charge in [-0.25, -0.2) is 4.39 Å². The number of Topliss-reactive ketones (excluding diaryl/α,β-unsaturated/α-hetero) is 1. The van der Waals surface area contributed by atoms with Crippen LogP contribution >= 0.6 is 0 Å². The molecule has 3 heterocycles. The number of methoxy groups -OCH3 is 1. The van der Waals surface area contributed by atoms with Crippen LogP contribution in [0.3, 0.4) is 0 Å². The van der Waals surface area contributed by atoms with Crippen molar-refractivity contribution in [3.8, 4) is 16.9 Å². The van der Waals surface area contributed by atoms with Crippen molar-refractivity contribution in [3.05, 3.63) is 71.6 Å². The number of carbonyl (C=O) groups excluding carboxylic acids is 2. The Kier molecular flexibility index (Phi) is 5.50. The maximum Gasteiger partial charge on any atom is 0.258 e. The van der Waals surface area contributed by atoms with E-state index < -0.39 is 11.7 Å². The largest absolute Gasteiger partial charge is 0.497 e. The van der Waals surface area contributed by atoms with Gasteiger partial charge < -0.3 is 19.6 Å². The van der Waals surface area contributed by atoms with E-state index in [1.54, 1.807) is 42.2 Å². The molecule has 0 saturated heterocycles. The molecule has 8 nitrogen and oxygen atoms in total. The van der Waals surface area contributed by atoms with Gasteiger partial charge in [0, 0.05) is 48.4 Å². The molecular weight excluding hydrogens is 415 g/mol. The first-order chi connectivity index (χ1) is 15.3. The molecule has 0 atom stereocenters. The van der Waals surface area contributed by atoms with Gasteiger partial charge in [-0.1, -0.05) is 0 Å². The lowest BCUT2D eigenvalue weighted by Crippen LogP contribution is -2.16. The van der Waals surface area contributed by atoms with Gasteiger partial charge in [-0.2, -0.15) is 5.10 Å². The molecule has 0 unspecified atom stereocenters. The average molecular weight is 436 g/mol. The van der Waals surface area contributed by atoms with Crippen LogP contribution in [0.4, 0.5) is 10.1 Å². The van der Waals surface area contributed by atoms with Crippen molar-refractivity contribution in [1.29, 1.82) is 0 Å². The van der Waals surface area contributed by atoms with Crippen molar-refractivity contribution in [2.24, 2.45) is 7.05 Å². The highest BCUT2D eigenvalue weighted by molar-refractivity contribution is 6.16. The van der Waals surface area contributed by atoms with Gasteiger partial charge in [0.25, 0.3) is 5.91 Å². The Balaban J connectivity index is 1.82. The maximum atomic E-state index is 15.4. The standard InChI is InChI=1S/C23H21FN4O4/c1-13(30)18-11-28-5-4-16(32-3)8-20(28)21(18)23(31)26-19-7-14(12-29)6-17(22(19)24)15-9-25-27(2)10-15/h4-11,29H,12H2,1-3H3,(H,26,31). The van der Waals surface area contributed by atoms with E-state index in [9.17, 15) is 14.7 Å². The summed E-state index contributed by atoms with van der Waals surface area (Å²) in [5.41, 5.74) is 1.73. The summed E-state index contributed by atoms with van der Waals surface area (Å²) in [6, 6.07) is 6.19. The van der Waals surface area contributed by atoms with Crippen LogP contribution in [0, 0.1) is 5.82 Å². The molecule has 32 heavy (non-hydrogen) atoms. The number of aliphatic hydroxyl groups excluding tert-OH is 1. The molecule has 2 N–H and O–H groups in total. The zero-order valence-electron chi connectivity index (χ0n) is 17.7. The van der Waals surface area contributed by atoms with Crippen LogP contribution in [0.15, 0.2) is 49.1 Å². The highest BCUT2D eigenvalue weighted by atomic mass is 19.1. The third-order valence-corrected chi connectivity index (χ3v) is 5.17. The molecule has 4 rings (SSSR count). The molecule has 0 aliphatic carbocycles. The summed E-state index contributed by atoms with van der Waals surface area (Å²) < 4.78 is 23.7. The number of aromatic nitrogens is 3. The molecular formula is C23H21FN4O4. The third-order valence-electron chi connectivity index (χ3n) is 5.17. The van der Waals surface area contributed by atoms with Gasteiger partial charge in [-0.15, -0.1) is 0 Å². The number of halogens is 1. The first-order valence-electron chi connectivity index (χ1n) is 9.75. The number of benzene rings is 1. The number of amides is 1. The van der Waals surface area contributed by atoms with Gasteiger partial charge in [0.05, 0.1) is 36.7 Å². The minimum Gasteiger partial charge on any atom is -0.497 e. The number of aliphatic hydroxyl groups is 1. The van der Waals surface area contributed by atoms with E-state index in [1.807, 2.05) is 0 Å². The smallest absolute Gasteiger partial charge is 0.258 e. The number of carbonyl (C=O) groups is 2. The fourth-order valence-corrected chi connectivity index (χ4v) is 3.60. The minimum absolute atomic E-state index is 0.105. The van der Waals surface area contributed by atoms with E-state index in [0.717, 1.165) is 0 Å². The van der Waals surface area contributed by atoms with Crippen LogP contribution in [0.5, 0.6) is 5.75 Å². The number of fused-ring (bicyclic) bond motifs is 1. The highest BCUT2D eigenvalue weighted by Crippen LogP contribution is 2.31. The first-order valence-corrected chi connectivity index (χ1v) is 9.75. The van der Waals surface area contributed by atoms with E-state index in [1.165, 1.54) is 37.0 Å². The van der Waals surface area contributed by atoms with Crippen molar-refractivity contribution < 1.29 is 23.8 Å². The van der Waals surface area contributed by atoms with E-state index in [-0.39, 0.29) is 34.8 Å². The Morgan fingerprint density at radius 3 is 2.66 bits per heavy atom. The number of ketones is 1. The quantitative estimate of drug-likeness (QED) is 0.451. The van der Waals surface area contributed by atoms with Gasteiger partial charge in [0.2, 0.25) is 0 Å². The highest BCUT2D eigenvalue weighted by Gasteiger charge is 2.23. The first kappa shape index (κ1) is 21.3. The second kappa shape index (κ2) is 8.27. The summed E-state index contributed by atoms with van der Waals surface area (Å²) >= 11 is 0. The lowest BCUT2D eigenvalue weighted by molar-refractivity contribution is 0.0987. The minimum atomic E-state index is -0.672. The van der Waals surface area contributed by atoms with Gasteiger partial charge in [-0.3, -0.25) is 14.3 Å². The summed E-state index contributed by atoms with van der Waals surface area (Å²) in [6.07, 6.45) is 6.34. The molecule has 0 radical (unpaired) electrons. The molecule has 0 spiro atoms. The van der Waals surface area contributed by atoms with Crippen LogP contribution in [-0.4, -0.2) is 38.1 Å².